The van der Waals surface area contributed by atoms with Gasteiger partial charge in [0.2, 0.25) is 0 Å². The Kier molecular flexibility index (Phi) is 2.14. The molecule has 0 N–H and O–H groups in total. The van der Waals surface area contributed by atoms with Crippen LogP contribution in [0.15, 0.2) is 30.3 Å². The average Bonchev–Trinajstić information content (AvgIpc) is 2.69. The fraction of sp³-hybridized carbons (Fsp3) is 0.400. The second-order valence-corrected chi connectivity index (χ2v) is 3.97. The molecule has 0 radical (unpaired) electrons. The zero-order valence-corrected chi connectivity index (χ0v) is 8.47. The van der Waals surface area contributed by atoms with Crippen molar-refractivity contribution in [2.24, 2.45) is 5.92 Å². The molecule has 0 unspecified atom stereocenters. The Morgan fingerprint density at radius 3 is 2.31 bits per heavy atom. The topological polar surface area (TPSA) is 0 Å². The molecule has 1 fully saturated rings. The number of rotatable bonds is 2. The summed E-state index contributed by atoms with van der Waals surface area (Å²) in [7, 11) is 0. The van der Waals surface area contributed by atoms with Crippen LogP contribution < -0.4 is 0 Å². The van der Waals surface area contributed by atoms with Crippen LogP contribution in [0, 0.1) is 5.92 Å². The summed E-state index contributed by atoms with van der Waals surface area (Å²) < 4.78 is 26.2. The van der Waals surface area contributed by atoms with E-state index in [4.69, 9.17) is 0 Å². The number of benzene rings is 1. The maximum atomic E-state index is 13.1. The largest absolute Gasteiger partial charge is 0.259 e. The van der Waals surface area contributed by atoms with Crippen molar-refractivity contribution < 1.29 is 8.78 Å². The van der Waals surface area contributed by atoms with Crippen LogP contribution in [0.1, 0.15) is 11.5 Å². The summed E-state index contributed by atoms with van der Waals surface area (Å²) in [6.45, 7) is 0. The van der Waals surface area contributed by atoms with E-state index in [9.17, 15) is 8.78 Å². The Hall–Kier alpha value is -0.440. The highest BCUT2D eigenvalue weighted by Gasteiger charge is 2.67. The highest BCUT2D eigenvalue weighted by atomic mass is 79.9. The van der Waals surface area contributed by atoms with E-state index in [0.29, 0.717) is 5.33 Å². The Morgan fingerprint density at radius 2 is 1.85 bits per heavy atom. The maximum Gasteiger partial charge on any atom is 0.259 e. The molecule has 0 bridgehead atoms. The van der Waals surface area contributed by atoms with E-state index >= 15 is 0 Å². The lowest BCUT2D eigenvalue weighted by molar-refractivity contribution is 0.0973. The van der Waals surface area contributed by atoms with Crippen molar-refractivity contribution in [1.29, 1.82) is 0 Å². The molecule has 0 amide bonds. The molecule has 1 aliphatic carbocycles. The first-order valence-corrected chi connectivity index (χ1v) is 5.28. The van der Waals surface area contributed by atoms with Gasteiger partial charge in [-0.05, 0) is 5.56 Å². The summed E-state index contributed by atoms with van der Waals surface area (Å²) in [5.74, 6) is -3.60. The predicted molar refractivity (Wildman–Crippen MR) is 51.4 cm³/mol. The third-order valence-electron chi connectivity index (χ3n) is 2.53. The molecule has 1 aliphatic rings. The molecule has 2 rings (SSSR count). The van der Waals surface area contributed by atoms with E-state index in [1.165, 1.54) is 0 Å². The minimum absolute atomic E-state index is 0.375. The predicted octanol–water partition coefficient (Wildman–Crippen LogP) is 3.43. The highest BCUT2D eigenvalue weighted by Crippen LogP contribution is 2.61. The van der Waals surface area contributed by atoms with Gasteiger partial charge in [0.15, 0.2) is 0 Å². The number of halogens is 3. The molecule has 1 aromatic carbocycles. The molecule has 13 heavy (non-hydrogen) atoms. The SMILES string of the molecule is FC1(F)[C@H](c2ccccc2)[C@@H]1CBr. The minimum Gasteiger partial charge on any atom is -0.206 e. The van der Waals surface area contributed by atoms with Crippen LogP contribution in [-0.2, 0) is 0 Å². The molecule has 0 nitrogen and oxygen atoms in total. The Labute approximate surface area is 84.1 Å². The monoisotopic (exact) mass is 246 g/mol. The Bertz CT molecular complexity index is 297. The molecule has 0 spiro atoms. The van der Waals surface area contributed by atoms with Crippen molar-refractivity contribution in [3.63, 3.8) is 0 Å². The Balaban J connectivity index is 2.22. The van der Waals surface area contributed by atoms with Gasteiger partial charge in [0.1, 0.15) is 0 Å². The van der Waals surface area contributed by atoms with Crippen molar-refractivity contribution in [2.75, 3.05) is 5.33 Å². The fourth-order valence-corrected chi connectivity index (χ4v) is 2.50. The summed E-state index contributed by atoms with van der Waals surface area (Å²) in [5.41, 5.74) is 0.747. The van der Waals surface area contributed by atoms with Gasteiger partial charge in [0, 0.05) is 11.2 Å². The van der Waals surface area contributed by atoms with Crippen molar-refractivity contribution in [3.8, 4) is 0 Å². The zero-order valence-electron chi connectivity index (χ0n) is 6.88. The van der Waals surface area contributed by atoms with Crippen LogP contribution in [0.5, 0.6) is 0 Å². The van der Waals surface area contributed by atoms with Gasteiger partial charge in [-0.3, -0.25) is 0 Å². The van der Waals surface area contributed by atoms with E-state index in [-0.39, 0.29) is 0 Å². The first kappa shape index (κ1) is 9.13. The average molecular weight is 247 g/mol. The van der Waals surface area contributed by atoms with Crippen LogP contribution >= 0.6 is 15.9 Å². The molecule has 1 saturated carbocycles. The maximum absolute atomic E-state index is 13.1. The molecule has 2 atom stereocenters. The minimum atomic E-state index is -2.51. The van der Waals surface area contributed by atoms with Crippen LogP contribution in [0.3, 0.4) is 0 Å². The standard InChI is InChI=1S/C10H9BrF2/c11-6-8-9(10(8,12)13)7-4-2-1-3-5-7/h1-5,8-9H,6H2/t8-,9+/m0/s1. The van der Waals surface area contributed by atoms with Crippen molar-refractivity contribution in [3.05, 3.63) is 35.9 Å². The molecule has 3 heteroatoms. The molecule has 0 aromatic heterocycles. The molecular weight excluding hydrogens is 238 g/mol. The molecule has 0 aliphatic heterocycles. The second-order valence-electron chi connectivity index (χ2n) is 3.32. The normalized spacial score (nSPS) is 30.1. The summed E-state index contributed by atoms with van der Waals surface area (Å²) in [6, 6.07) is 8.97. The summed E-state index contributed by atoms with van der Waals surface area (Å²) in [6.07, 6.45) is 0. The van der Waals surface area contributed by atoms with Gasteiger partial charge >= 0.3 is 0 Å². The zero-order chi connectivity index (χ0) is 9.47. The van der Waals surface area contributed by atoms with E-state index in [2.05, 4.69) is 15.9 Å². The lowest BCUT2D eigenvalue weighted by atomic mass is 10.1. The Morgan fingerprint density at radius 1 is 1.23 bits per heavy atom. The first-order chi connectivity index (χ1) is 6.18. The van der Waals surface area contributed by atoms with Crippen LogP contribution in [0.25, 0.3) is 0 Å². The number of hydrogen-bond acceptors (Lipinski definition) is 0. The highest BCUT2D eigenvalue weighted by molar-refractivity contribution is 9.09. The van der Waals surface area contributed by atoms with Crippen LogP contribution in [-0.4, -0.2) is 11.3 Å². The van der Waals surface area contributed by atoms with Crippen molar-refractivity contribution >= 4 is 15.9 Å². The van der Waals surface area contributed by atoms with E-state index < -0.39 is 17.8 Å². The summed E-state index contributed by atoms with van der Waals surface area (Å²) in [4.78, 5) is 0. The van der Waals surface area contributed by atoms with Crippen LogP contribution in [0.2, 0.25) is 0 Å². The van der Waals surface area contributed by atoms with Gasteiger partial charge in [-0.25, -0.2) is 8.78 Å². The van der Waals surface area contributed by atoms with Crippen molar-refractivity contribution in [1.82, 2.24) is 0 Å². The summed E-state index contributed by atoms with van der Waals surface area (Å²) in [5, 5.41) is 0.375. The molecule has 0 heterocycles. The first-order valence-electron chi connectivity index (χ1n) is 4.16. The fourth-order valence-electron chi connectivity index (χ4n) is 1.70. The molecular formula is C10H9BrF2. The lowest BCUT2D eigenvalue weighted by Gasteiger charge is -1.96. The van der Waals surface area contributed by atoms with E-state index in [1.807, 2.05) is 6.07 Å². The lowest BCUT2D eigenvalue weighted by Crippen LogP contribution is -1.94. The molecule has 70 valence electrons. The van der Waals surface area contributed by atoms with E-state index in [0.717, 1.165) is 5.56 Å². The molecule has 0 saturated heterocycles. The van der Waals surface area contributed by atoms with Gasteiger partial charge in [-0.1, -0.05) is 46.3 Å². The van der Waals surface area contributed by atoms with Crippen molar-refractivity contribution in [2.45, 2.75) is 11.8 Å². The van der Waals surface area contributed by atoms with Gasteiger partial charge in [-0.2, -0.15) is 0 Å². The van der Waals surface area contributed by atoms with E-state index in [1.54, 1.807) is 24.3 Å². The smallest absolute Gasteiger partial charge is 0.206 e. The third kappa shape index (κ3) is 1.39. The van der Waals surface area contributed by atoms with Gasteiger partial charge in [0.25, 0.3) is 5.92 Å². The molecule has 1 aromatic rings. The number of alkyl halides is 3. The summed E-state index contributed by atoms with van der Waals surface area (Å²) >= 11 is 3.11. The van der Waals surface area contributed by atoms with Crippen LogP contribution in [0.4, 0.5) is 8.78 Å². The third-order valence-corrected chi connectivity index (χ3v) is 3.22. The van der Waals surface area contributed by atoms with Gasteiger partial charge < -0.3 is 0 Å². The number of hydrogen-bond donors (Lipinski definition) is 0. The second kappa shape index (κ2) is 3.05. The van der Waals surface area contributed by atoms with Gasteiger partial charge in [0.05, 0.1) is 5.92 Å². The quantitative estimate of drug-likeness (QED) is 0.702. The van der Waals surface area contributed by atoms with Gasteiger partial charge in [-0.15, -0.1) is 0 Å².